The van der Waals surface area contributed by atoms with Gasteiger partial charge in [-0.2, -0.15) is 5.26 Å². The van der Waals surface area contributed by atoms with Crippen LogP contribution in [-0.4, -0.2) is 13.7 Å². The summed E-state index contributed by atoms with van der Waals surface area (Å²) in [6, 6.07) is 8.62. The van der Waals surface area contributed by atoms with Gasteiger partial charge in [0.15, 0.2) is 0 Å². The average molecular weight is 260 g/mol. The predicted octanol–water partition coefficient (Wildman–Crippen LogP) is 3.46. The van der Waals surface area contributed by atoms with Crippen molar-refractivity contribution < 1.29 is 4.74 Å². The van der Waals surface area contributed by atoms with Gasteiger partial charge in [-0.3, -0.25) is 0 Å². The molecule has 0 aromatic heterocycles. The number of ether oxygens (including phenoxy) is 1. The zero-order chi connectivity index (χ0) is 14.3. The first-order chi connectivity index (χ1) is 9.12. The van der Waals surface area contributed by atoms with E-state index in [2.05, 4.69) is 37.4 Å². The molecule has 1 unspecified atom stereocenters. The van der Waals surface area contributed by atoms with Crippen LogP contribution in [0.1, 0.15) is 44.2 Å². The van der Waals surface area contributed by atoms with E-state index in [-0.39, 0.29) is 5.92 Å². The van der Waals surface area contributed by atoms with Crippen molar-refractivity contribution >= 4 is 0 Å². The van der Waals surface area contributed by atoms with Gasteiger partial charge in [0.25, 0.3) is 0 Å². The monoisotopic (exact) mass is 260 g/mol. The molecule has 1 aromatic rings. The van der Waals surface area contributed by atoms with E-state index in [1.165, 1.54) is 5.56 Å². The molecule has 1 atom stereocenters. The van der Waals surface area contributed by atoms with Gasteiger partial charge < -0.3 is 10.1 Å². The van der Waals surface area contributed by atoms with Crippen molar-refractivity contribution in [1.29, 1.82) is 5.26 Å². The summed E-state index contributed by atoms with van der Waals surface area (Å²) in [6.45, 7) is 7.86. The Balaban J connectivity index is 2.70. The van der Waals surface area contributed by atoms with Gasteiger partial charge in [0.1, 0.15) is 5.75 Å². The summed E-state index contributed by atoms with van der Waals surface area (Å²) in [4.78, 5) is 0. The van der Waals surface area contributed by atoms with Crippen LogP contribution in [0.3, 0.4) is 0 Å². The highest BCUT2D eigenvalue weighted by molar-refractivity contribution is 5.38. The topological polar surface area (TPSA) is 45.0 Å². The maximum absolute atomic E-state index is 8.93. The lowest BCUT2D eigenvalue weighted by Gasteiger charge is -2.14. The first kappa shape index (κ1) is 15.5. The molecule has 0 aliphatic heterocycles. The Morgan fingerprint density at radius 2 is 2.11 bits per heavy atom. The summed E-state index contributed by atoms with van der Waals surface area (Å²) < 4.78 is 5.39. The van der Waals surface area contributed by atoms with Gasteiger partial charge in [-0.05, 0) is 24.0 Å². The first-order valence-corrected chi connectivity index (χ1v) is 6.89. The van der Waals surface area contributed by atoms with Gasteiger partial charge in [0.05, 0.1) is 19.1 Å². The molecule has 0 heterocycles. The van der Waals surface area contributed by atoms with Crippen molar-refractivity contribution in [3.8, 4) is 11.8 Å². The fourth-order valence-corrected chi connectivity index (χ4v) is 1.96. The van der Waals surface area contributed by atoms with Gasteiger partial charge >= 0.3 is 0 Å². The van der Waals surface area contributed by atoms with E-state index in [0.717, 1.165) is 30.8 Å². The molecule has 0 saturated carbocycles. The Morgan fingerprint density at radius 1 is 1.37 bits per heavy atom. The molecule has 0 radical (unpaired) electrons. The number of nitrogens with zero attached hydrogens (tertiary/aromatic N) is 1. The number of nitrogens with one attached hydrogen (secondary N) is 1. The van der Waals surface area contributed by atoms with Crippen LogP contribution in [0.25, 0.3) is 0 Å². The molecule has 1 N–H and O–H groups in total. The van der Waals surface area contributed by atoms with Crippen LogP contribution in [-0.2, 0) is 6.54 Å². The van der Waals surface area contributed by atoms with Crippen LogP contribution < -0.4 is 10.1 Å². The predicted molar refractivity (Wildman–Crippen MR) is 78.2 cm³/mol. The molecule has 0 fully saturated rings. The molecular weight excluding hydrogens is 236 g/mol. The van der Waals surface area contributed by atoms with E-state index in [1.807, 2.05) is 13.0 Å². The smallest absolute Gasteiger partial charge is 0.123 e. The Labute approximate surface area is 116 Å². The molecule has 0 saturated heterocycles. The molecule has 19 heavy (non-hydrogen) atoms. The minimum absolute atomic E-state index is 0.0827. The van der Waals surface area contributed by atoms with Crippen LogP contribution >= 0.6 is 0 Å². The highest BCUT2D eigenvalue weighted by atomic mass is 16.5. The highest BCUT2D eigenvalue weighted by Crippen LogP contribution is 2.24. The van der Waals surface area contributed by atoms with Gasteiger partial charge in [0.2, 0.25) is 0 Å². The van der Waals surface area contributed by atoms with E-state index in [0.29, 0.717) is 5.92 Å². The maximum atomic E-state index is 8.93. The van der Waals surface area contributed by atoms with Crippen LogP contribution in [0.5, 0.6) is 5.75 Å². The van der Waals surface area contributed by atoms with E-state index in [1.54, 1.807) is 7.11 Å². The lowest BCUT2D eigenvalue weighted by Crippen LogP contribution is -2.21. The summed E-state index contributed by atoms with van der Waals surface area (Å²) in [5.41, 5.74) is 2.46. The van der Waals surface area contributed by atoms with E-state index < -0.39 is 0 Å². The van der Waals surface area contributed by atoms with Crippen molar-refractivity contribution in [3.63, 3.8) is 0 Å². The fraction of sp³-hybridized carbons (Fsp3) is 0.562. The third-order valence-electron chi connectivity index (χ3n) is 3.35. The Morgan fingerprint density at radius 3 is 2.63 bits per heavy atom. The molecule has 0 aliphatic rings. The van der Waals surface area contributed by atoms with E-state index in [9.17, 15) is 0 Å². The highest BCUT2D eigenvalue weighted by Gasteiger charge is 2.08. The van der Waals surface area contributed by atoms with Crippen molar-refractivity contribution in [2.75, 3.05) is 13.7 Å². The number of hydrogen-bond acceptors (Lipinski definition) is 3. The van der Waals surface area contributed by atoms with Crippen molar-refractivity contribution in [1.82, 2.24) is 5.32 Å². The minimum atomic E-state index is 0.0827. The van der Waals surface area contributed by atoms with E-state index >= 15 is 0 Å². The third kappa shape index (κ3) is 4.57. The summed E-state index contributed by atoms with van der Waals surface area (Å²) in [6.07, 6.45) is 0.882. The lowest BCUT2D eigenvalue weighted by atomic mass is 10.00. The third-order valence-corrected chi connectivity index (χ3v) is 3.35. The summed E-state index contributed by atoms with van der Waals surface area (Å²) in [5.74, 6) is 1.49. The number of nitriles is 1. The standard InChI is InChI=1S/C16H24N2O/c1-5-13(9-17)10-18-11-15-8-14(12(2)3)6-7-16(15)19-4/h6-8,12-13,18H,5,10-11H2,1-4H3. The summed E-state index contributed by atoms with van der Waals surface area (Å²) in [5, 5.41) is 12.3. The molecule has 3 nitrogen and oxygen atoms in total. The molecule has 1 aromatic carbocycles. The van der Waals surface area contributed by atoms with Crippen molar-refractivity contribution in [2.45, 2.75) is 39.7 Å². The van der Waals surface area contributed by atoms with Crippen LogP contribution in [0.2, 0.25) is 0 Å². The maximum Gasteiger partial charge on any atom is 0.123 e. The lowest BCUT2D eigenvalue weighted by molar-refractivity contribution is 0.406. The van der Waals surface area contributed by atoms with Crippen LogP contribution in [0.15, 0.2) is 18.2 Å². The second kappa shape index (κ2) is 7.81. The second-order valence-corrected chi connectivity index (χ2v) is 5.09. The average Bonchev–Trinajstić information content (AvgIpc) is 2.43. The van der Waals surface area contributed by atoms with Gasteiger partial charge in [0, 0.05) is 18.7 Å². The molecular formula is C16H24N2O. The van der Waals surface area contributed by atoms with Gasteiger partial charge in [-0.1, -0.05) is 32.9 Å². The zero-order valence-corrected chi connectivity index (χ0v) is 12.4. The quantitative estimate of drug-likeness (QED) is 0.816. The Bertz CT molecular complexity index is 435. The largest absolute Gasteiger partial charge is 0.496 e. The fourth-order valence-electron chi connectivity index (χ4n) is 1.96. The summed E-state index contributed by atoms with van der Waals surface area (Å²) >= 11 is 0. The molecule has 0 bridgehead atoms. The molecule has 3 heteroatoms. The van der Waals surface area contributed by atoms with Crippen LogP contribution in [0, 0.1) is 17.2 Å². The Kier molecular flexibility index (Phi) is 6.38. The van der Waals surface area contributed by atoms with Crippen molar-refractivity contribution in [2.24, 2.45) is 5.92 Å². The number of methoxy groups -OCH3 is 1. The zero-order valence-electron chi connectivity index (χ0n) is 12.4. The number of hydrogen-bond donors (Lipinski definition) is 1. The van der Waals surface area contributed by atoms with Crippen molar-refractivity contribution in [3.05, 3.63) is 29.3 Å². The normalized spacial score (nSPS) is 12.2. The SMILES string of the molecule is CCC(C#N)CNCc1cc(C(C)C)ccc1OC. The van der Waals surface area contributed by atoms with Crippen LogP contribution in [0.4, 0.5) is 0 Å². The Hall–Kier alpha value is -1.53. The first-order valence-electron chi connectivity index (χ1n) is 6.89. The molecule has 0 spiro atoms. The molecule has 0 amide bonds. The van der Waals surface area contributed by atoms with Gasteiger partial charge in [-0.15, -0.1) is 0 Å². The minimum Gasteiger partial charge on any atom is -0.496 e. The molecule has 104 valence electrons. The van der Waals surface area contributed by atoms with E-state index in [4.69, 9.17) is 10.00 Å². The number of rotatable bonds is 7. The molecule has 1 rings (SSSR count). The second-order valence-electron chi connectivity index (χ2n) is 5.09. The molecule has 0 aliphatic carbocycles. The summed E-state index contributed by atoms with van der Waals surface area (Å²) in [7, 11) is 1.69. The number of benzene rings is 1. The van der Waals surface area contributed by atoms with Gasteiger partial charge in [-0.25, -0.2) is 0 Å².